The summed E-state index contributed by atoms with van der Waals surface area (Å²) in [5.41, 5.74) is 32.1. The average Bonchev–Trinajstić information content (AvgIpc) is 1.57. The van der Waals surface area contributed by atoms with Gasteiger partial charge in [-0.3, -0.25) is 39.1 Å². The van der Waals surface area contributed by atoms with E-state index in [0.29, 0.717) is 23.3 Å². The number of fused-ring (bicyclic) bond motifs is 4. The Hall–Kier alpha value is -13.2. The van der Waals surface area contributed by atoms with Crippen LogP contribution in [-0.4, -0.2) is 142 Å². The fraction of sp³-hybridized carbons (Fsp3) is 0.398. The number of aryl methyl sites for hydroxylation is 8. The van der Waals surface area contributed by atoms with Gasteiger partial charge in [0, 0.05) is 207 Å². The van der Waals surface area contributed by atoms with Gasteiger partial charge < -0.3 is 60.0 Å². The van der Waals surface area contributed by atoms with Crippen molar-refractivity contribution in [3.63, 3.8) is 0 Å². The molecule has 16 aromatic rings. The third kappa shape index (κ3) is 19.6. The number of ether oxygens (including phenoxy) is 5. The third-order valence-corrected chi connectivity index (χ3v) is 29.5. The lowest BCUT2D eigenvalue weighted by atomic mass is 9.82. The Bertz CT molecular complexity index is 7160. The van der Waals surface area contributed by atoms with Gasteiger partial charge >= 0.3 is 0 Å². The van der Waals surface area contributed by atoms with Crippen LogP contribution in [-0.2, 0) is 66.6 Å². The van der Waals surface area contributed by atoms with E-state index >= 15 is 0 Å². The van der Waals surface area contributed by atoms with E-state index in [-0.39, 0.29) is 50.2 Å². The summed E-state index contributed by atoms with van der Waals surface area (Å²) in [4.78, 5) is 67.2. The Morgan fingerprint density at radius 1 is 0.348 bits per heavy atom. The van der Waals surface area contributed by atoms with Crippen molar-refractivity contribution in [3.05, 3.63) is 233 Å². The Balaban J connectivity index is 0.000000122. The number of rotatable bonds is 23. The molecule has 0 spiro atoms. The molecule has 16 heterocycles. The number of Topliss-reactive ketones (excluding diaryl/α,β-unsaturated/α-hetero) is 4. The van der Waals surface area contributed by atoms with Gasteiger partial charge in [-0.1, -0.05) is 127 Å². The molecule has 5 fully saturated rings. The molecule has 1 aliphatic carbocycles. The number of aromatic nitrogens is 12. The summed E-state index contributed by atoms with van der Waals surface area (Å²) < 4.78 is 59.2. The molecule has 25 heteroatoms. The number of methoxy groups -OCH3 is 1. The van der Waals surface area contributed by atoms with Crippen LogP contribution >= 0.6 is 0 Å². The van der Waals surface area contributed by atoms with Crippen LogP contribution < -0.4 is 4.74 Å². The minimum absolute atomic E-state index is 0.0227. The summed E-state index contributed by atoms with van der Waals surface area (Å²) in [6.45, 7) is 41.4. The maximum Gasteiger partial charge on any atom is 0.163 e. The van der Waals surface area contributed by atoms with Gasteiger partial charge in [0.2, 0.25) is 0 Å². The van der Waals surface area contributed by atoms with Crippen LogP contribution in [0, 0.1) is 77.0 Å². The molecule has 0 amide bonds. The second-order valence-corrected chi connectivity index (χ2v) is 40.4. The Morgan fingerprint density at radius 3 is 0.899 bits per heavy atom. The monoisotopic (exact) mass is 1860 g/mol. The smallest absolute Gasteiger partial charge is 0.163 e. The highest BCUT2D eigenvalue weighted by molar-refractivity contribution is 6.02. The second-order valence-electron chi connectivity index (χ2n) is 40.4. The second kappa shape index (κ2) is 39.0. The number of carbonyl (C=O) groups is 4. The Kier molecular flexibility index (Phi) is 26.9. The van der Waals surface area contributed by atoms with Crippen LogP contribution in [0.3, 0.4) is 0 Å². The van der Waals surface area contributed by atoms with Crippen molar-refractivity contribution < 1.29 is 61.0 Å². The number of carbonyl (C=O) groups excluding carboxylic acids is 4. The van der Waals surface area contributed by atoms with Gasteiger partial charge in [0.05, 0.1) is 85.0 Å². The summed E-state index contributed by atoms with van der Waals surface area (Å²) >= 11 is 0. The Labute approximate surface area is 804 Å². The van der Waals surface area contributed by atoms with Gasteiger partial charge in [0.15, 0.2) is 11.6 Å². The molecule has 0 atom stereocenters. The zero-order valence-electron chi connectivity index (χ0n) is 82.5. The number of ketones is 4. The number of benzene rings is 4. The topological polar surface area (TPSA) is 290 Å². The lowest BCUT2D eigenvalue weighted by Gasteiger charge is -2.34. The van der Waals surface area contributed by atoms with E-state index in [1.165, 1.54) is 0 Å². The lowest BCUT2D eigenvalue weighted by molar-refractivity contribution is -0.119. The molecule has 4 saturated heterocycles. The predicted octanol–water partition coefficient (Wildman–Crippen LogP) is 24.3. The largest absolute Gasteiger partial charge is 0.496 e. The van der Waals surface area contributed by atoms with Crippen molar-refractivity contribution in [2.75, 3.05) is 60.0 Å². The summed E-state index contributed by atoms with van der Waals surface area (Å²) in [6.07, 6.45) is 27.1. The predicted molar refractivity (Wildman–Crippen MR) is 536 cm³/mol. The molecule has 1 saturated carbocycles. The van der Waals surface area contributed by atoms with Gasteiger partial charge in [0.25, 0.3) is 0 Å². The first-order chi connectivity index (χ1) is 66.3. The van der Waals surface area contributed by atoms with Crippen LogP contribution in [0.25, 0.3) is 133 Å². The highest BCUT2D eigenvalue weighted by atomic mass is 16.5. The number of hydrogen-bond acceptors (Lipinski definition) is 21. The van der Waals surface area contributed by atoms with Crippen molar-refractivity contribution >= 4 is 67.3 Å². The molecule has 0 radical (unpaired) electrons. The summed E-state index contributed by atoms with van der Waals surface area (Å²) in [5.74, 6) is 4.23. The van der Waals surface area contributed by atoms with Crippen molar-refractivity contribution in [1.82, 2.24) is 58.8 Å². The molecule has 0 N–H and O–H groups in total. The molecule has 25 nitrogen and oxygen atoms in total. The maximum absolute atomic E-state index is 12.2. The van der Waals surface area contributed by atoms with Gasteiger partial charge in [-0.25, -0.2) is 0 Å². The first-order valence-electron chi connectivity index (χ1n) is 48.3. The number of pyridine rings is 4. The lowest BCUT2D eigenvalue weighted by Crippen LogP contribution is -2.30. The summed E-state index contributed by atoms with van der Waals surface area (Å²) in [7, 11) is 1.59. The van der Waals surface area contributed by atoms with Crippen molar-refractivity contribution in [1.29, 1.82) is 0 Å². The van der Waals surface area contributed by atoms with Gasteiger partial charge in [-0.2, -0.15) is 0 Å². The highest BCUT2D eigenvalue weighted by Crippen LogP contribution is 2.51. The minimum atomic E-state index is -0.258. The first kappa shape index (κ1) is 95.1. The standard InChI is InChI=1S/C30H33N3O3.C28H31N3O4.C28H31N3O3.C27H29N3O3/c1-19-27(20(2)36-32-19)23-15-26-28(31-16-23)25(17-33(26)18-29(4)11-13-35-14-12-29)22-5-7-24(8-6-22)30(9-10-30)21(3)34;1-17-26(19(3)35-30-17)21-12-24-27(29-14-21)23(15-31(24)16-28(4)8-10-34-11-9-28)20-6-7-22(18(2)32)25(13-20)33-5;1-18(32)13-21-5-7-22(8-6-21)24-16-31(17-28(4)9-11-33-12-10-28)25-14-23(15-29-27(24)25)26-19(2)30-34-20(26)3;1-17-25(19(3)33-29-17)22-13-24-26(28-14-22)23(21-7-5-20(6-8-21)18(2)31)15-30(24)16-27(4)9-11-32-12-10-27/h5-8,15-17H,9-14,18H2,1-4H3;6-7,12-15H,8-11,16H2,1-5H3;5-8,14-16H,9-13,17H2,1-4H3;5-8,13-15H,9-12,16H2,1-4H3. The maximum atomic E-state index is 12.2. The van der Waals surface area contributed by atoms with Crippen LogP contribution in [0.4, 0.5) is 0 Å². The molecule has 4 aliphatic heterocycles. The summed E-state index contributed by atoms with van der Waals surface area (Å²) in [6, 6.07) is 39.2. The molecule has 12 aromatic heterocycles. The fourth-order valence-corrected chi connectivity index (χ4v) is 21.0. The van der Waals surface area contributed by atoms with E-state index in [0.717, 1.165) is 333 Å². The SMILES string of the molecule is CC(=O)C1(c2ccc(-c3cn(CC4(C)CCOCC4)c4cc(-c5c(C)noc5C)cnc34)cc2)CC1.CC(=O)Cc1ccc(-c2cn(CC3(C)CCOCC3)c3cc(-c4c(C)noc4C)cnc23)cc1.CC(=O)c1ccc(-c2cn(CC3(C)CCOCC3)c3cc(-c4c(C)noc4C)cnc23)cc1.COc1cc(-c2cn(CC3(C)CCOCC3)c3cc(-c4c(C)noc4C)cnc23)ccc1C(C)=O. The minimum Gasteiger partial charge on any atom is -0.496 e. The van der Waals surface area contributed by atoms with E-state index in [1.807, 2.05) is 135 Å². The normalized spacial score (nSPS) is 16.4. The fourth-order valence-electron chi connectivity index (χ4n) is 21.0. The van der Waals surface area contributed by atoms with Gasteiger partial charge in [0.1, 0.15) is 40.4 Å². The first-order valence-corrected chi connectivity index (χ1v) is 48.3. The van der Waals surface area contributed by atoms with Gasteiger partial charge in [-0.05, 0) is 239 Å². The molecule has 0 bridgehead atoms. The number of hydrogen-bond donors (Lipinski definition) is 0. The van der Waals surface area contributed by atoms with E-state index in [2.05, 4.69) is 152 Å². The molecular formula is C113H124N12O13. The Morgan fingerprint density at radius 2 is 0.638 bits per heavy atom. The molecule has 0 unspecified atom stereocenters. The van der Waals surface area contributed by atoms with Crippen molar-refractivity contribution in [2.24, 2.45) is 21.7 Å². The quantitative estimate of drug-likeness (QED) is 0.0538. The van der Waals surface area contributed by atoms with Gasteiger partial charge in [-0.15, -0.1) is 0 Å². The molecule has 4 aromatic carbocycles. The molecule has 5 aliphatic rings. The van der Waals surface area contributed by atoms with Crippen molar-refractivity contribution in [3.8, 4) is 94.8 Å². The van der Waals surface area contributed by atoms with E-state index < -0.39 is 0 Å². The van der Waals surface area contributed by atoms with E-state index in [9.17, 15) is 19.2 Å². The van der Waals surface area contributed by atoms with E-state index in [1.54, 1.807) is 34.8 Å². The van der Waals surface area contributed by atoms with Crippen LogP contribution in [0.2, 0.25) is 0 Å². The summed E-state index contributed by atoms with van der Waals surface area (Å²) in [5, 5.41) is 16.5. The molecule has 21 rings (SSSR count). The third-order valence-electron chi connectivity index (χ3n) is 29.5. The highest BCUT2D eigenvalue weighted by Gasteiger charge is 2.49. The average molecular weight is 1860 g/mol. The van der Waals surface area contributed by atoms with Crippen LogP contribution in [0.15, 0.2) is 183 Å². The van der Waals surface area contributed by atoms with E-state index in [4.69, 9.17) is 61.7 Å². The molecule has 714 valence electrons. The zero-order chi connectivity index (χ0) is 96.9. The van der Waals surface area contributed by atoms with Crippen LogP contribution in [0.5, 0.6) is 5.75 Å². The van der Waals surface area contributed by atoms with Crippen LogP contribution in [0.1, 0.15) is 197 Å². The molecular weight excluding hydrogens is 1730 g/mol. The number of nitrogens with zero attached hydrogens (tertiary/aromatic N) is 12. The molecule has 138 heavy (non-hydrogen) atoms. The van der Waals surface area contributed by atoms with Crippen molar-refractivity contribution in [2.45, 2.75) is 213 Å². The zero-order valence-corrected chi connectivity index (χ0v) is 82.5.